The summed E-state index contributed by atoms with van der Waals surface area (Å²) in [5.74, 6) is 0.780. The van der Waals surface area contributed by atoms with E-state index in [9.17, 15) is 4.79 Å². The average Bonchev–Trinajstić information content (AvgIpc) is 1.97. The Morgan fingerprint density at radius 1 is 1.64 bits per heavy atom. The first-order chi connectivity index (χ1) is 5.22. The molecule has 0 saturated carbocycles. The summed E-state index contributed by atoms with van der Waals surface area (Å²) in [7, 11) is 0. The van der Waals surface area contributed by atoms with Crippen molar-refractivity contribution in [3.05, 3.63) is 11.6 Å². The fourth-order valence-electron chi connectivity index (χ4n) is 0.682. The van der Waals surface area contributed by atoms with Crippen LogP contribution in [0.5, 0.6) is 0 Å². The maximum atomic E-state index is 10.8. The minimum atomic E-state index is -0.0900. The SMILES string of the molecule is CCCC=C(CSC)C(=O)S. The van der Waals surface area contributed by atoms with E-state index in [1.165, 1.54) is 0 Å². The highest BCUT2D eigenvalue weighted by molar-refractivity contribution is 7.99. The zero-order chi connectivity index (χ0) is 8.69. The van der Waals surface area contributed by atoms with Crippen LogP contribution in [0.4, 0.5) is 0 Å². The summed E-state index contributed by atoms with van der Waals surface area (Å²) in [4.78, 5) is 10.8. The van der Waals surface area contributed by atoms with Gasteiger partial charge in [-0.25, -0.2) is 0 Å². The van der Waals surface area contributed by atoms with Gasteiger partial charge < -0.3 is 0 Å². The van der Waals surface area contributed by atoms with Crippen LogP contribution >= 0.6 is 24.4 Å². The molecule has 0 N–H and O–H groups in total. The fraction of sp³-hybridized carbons (Fsp3) is 0.625. The van der Waals surface area contributed by atoms with Crippen LogP contribution in [0.2, 0.25) is 0 Å². The van der Waals surface area contributed by atoms with Gasteiger partial charge in [-0.3, -0.25) is 4.79 Å². The second-order valence-corrected chi connectivity index (χ2v) is 3.53. The minimum absolute atomic E-state index is 0.0900. The number of thiol groups is 1. The Kier molecular flexibility index (Phi) is 6.87. The van der Waals surface area contributed by atoms with Gasteiger partial charge in [0.05, 0.1) is 0 Å². The molecule has 0 radical (unpaired) electrons. The molecule has 0 bridgehead atoms. The second kappa shape index (κ2) is 6.80. The minimum Gasteiger partial charge on any atom is -0.282 e. The van der Waals surface area contributed by atoms with Gasteiger partial charge >= 0.3 is 0 Å². The van der Waals surface area contributed by atoms with Crippen LogP contribution in [0.25, 0.3) is 0 Å². The van der Waals surface area contributed by atoms with E-state index in [1.807, 2.05) is 12.3 Å². The van der Waals surface area contributed by atoms with Gasteiger partial charge in [-0.2, -0.15) is 11.8 Å². The van der Waals surface area contributed by atoms with E-state index in [1.54, 1.807) is 11.8 Å². The summed E-state index contributed by atoms with van der Waals surface area (Å²) in [5, 5.41) is -0.0900. The maximum absolute atomic E-state index is 10.8. The Bertz CT molecular complexity index is 152. The molecule has 0 aromatic rings. The van der Waals surface area contributed by atoms with E-state index in [2.05, 4.69) is 19.6 Å². The van der Waals surface area contributed by atoms with Crippen LogP contribution in [-0.4, -0.2) is 17.1 Å². The summed E-state index contributed by atoms with van der Waals surface area (Å²) < 4.78 is 0. The number of thioether (sulfide) groups is 1. The number of allylic oxidation sites excluding steroid dienone is 1. The van der Waals surface area contributed by atoms with Gasteiger partial charge in [-0.15, -0.1) is 12.6 Å². The molecule has 0 atom stereocenters. The molecule has 0 aromatic heterocycles. The largest absolute Gasteiger partial charge is 0.282 e. The first kappa shape index (κ1) is 11.1. The van der Waals surface area contributed by atoms with Gasteiger partial charge in [0.15, 0.2) is 0 Å². The lowest BCUT2D eigenvalue weighted by atomic mass is 10.2. The van der Waals surface area contributed by atoms with Crippen LogP contribution in [-0.2, 0) is 4.79 Å². The fourth-order valence-corrected chi connectivity index (χ4v) is 1.52. The molecule has 0 aromatic carbocycles. The predicted octanol–water partition coefficient (Wildman–Crippen LogP) is 2.53. The molecular formula is C8H14OS2. The Morgan fingerprint density at radius 2 is 2.27 bits per heavy atom. The molecule has 1 nitrogen and oxygen atoms in total. The number of unbranched alkanes of at least 4 members (excludes halogenated alkanes) is 1. The molecule has 0 heterocycles. The molecule has 0 aliphatic heterocycles. The van der Waals surface area contributed by atoms with Gasteiger partial charge in [-0.05, 0) is 12.7 Å². The van der Waals surface area contributed by atoms with Crippen molar-refractivity contribution in [1.82, 2.24) is 0 Å². The first-order valence-corrected chi connectivity index (χ1v) is 5.47. The van der Waals surface area contributed by atoms with Crippen LogP contribution < -0.4 is 0 Å². The molecule has 64 valence electrons. The van der Waals surface area contributed by atoms with E-state index in [-0.39, 0.29) is 5.12 Å². The summed E-state index contributed by atoms with van der Waals surface area (Å²) in [6.07, 6.45) is 6.02. The Balaban J connectivity index is 3.97. The monoisotopic (exact) mass is 190 g/mol. The van der Waals surface area contributed by atoms with Crippen molar-refractivity contribution in [3.63, 3.8) is 0 Å². The normalized spacial score (nSPS) is 11.7. The molecule has 0 fully saturated rings. The van der Waals surface area contributed by atoms with Crippen LogP contribution in [0.1, 0.15) is 19.8 Å². The summed E-state index contributed by atoms with van der Waals surface area (Å²) >= 11 is 5.43. The lowest BCUT2D eigenvalue weighted by Gasteiger charge is -1.98. The van der Waals surface area contributed by atoms with E-state index < -0.39 is 0 Å². The molecule has 3 heteroatoms. The van der Waals surface area contributed by atoms with E-state index >= 15 is 0 Å². The van der Waals surface area contributed by atoms with Crippen LogP contribution in [0, 0.1) is 0 Å². The van der Waals surface area contributed by atoms with Crippen LogP contribution in [0.15, 0.2) is 11.6 Å². The molecule has 0 amide bonds. The number of hydrogen-bond acceptors (Lipinski definition) is 2. The number of hydrogen-bond donors (Lipinski definition) is 1. The lowest BCUT2D eigenvalue weighted by molar-refractivity contribution is -0.107. The lowest BCUT2D eigenvalue weighted by Crippen LogP contribution is -1.96. The molecule has 0 aliphatic carbocycles. The molecule has 0 aliphatic rings. The Labute approximate surface area is 78.0 Å². The summed E-state index contributed by atoms with van der Waals surface area (Å²) in [5.41, 5.74) is 0.836. The van der Waals surface area contributed by atoms with Gasteiger partial charge in [0.1, 0.15) is 0 Å². The molecule has 0 rings (SSSR count). The molecule has 11 heavy (non-hydrogen) atoms. The highest BCUT2D eigenvalue weighted by atomic mass is 32.2. The van der Waals surface area contributed by atoms with Gasteiger partial charge in [0.25, 0.3) is 0 Å². The Morgan fingerprint density at radius 3 is 2.64 bits per heavy atom. The zero-order valence-corrected chi connectivity index (χ0v) is 8.67. The molecular weight excluding hydrogens is 176 g/mol. The van der Waals surface area contributed by atoms with Crippen molar-refractivity contribution < 1.29 is 4.79 Å². The van der Waals surface area contributed by atoms with E-state index in [0.29, 0.717) is 0 Å². The third kappa shape index (κ3) is 5.39. The van der Waals surface area contributed by atoms with Crippen molar-refractivity contribution >= 4 is 29.5 Å². The van der Waals surface area contributed by atoms with E-state index in [4.69, 9.17) is 0 Å². The topological polar surface area (TPSA) is 17.1 Å². The first-order valence-electron chi connectivity index (χ1n) is 3.63. The van der Waals surface area contributed by atoms with Crippen molar-refractivity contribution in [1.29, 1.82) is 0 Å². The Hall–Kier alpha value is 0.110. The van der Waals surface area contributed by atoms with Gasteiger partial charge in [-0.1, -0.05) is 19.4 Å². The van der Waals surface area contributed by atoms with E-state index in [0.717, 1.165) is 24.2 Å². The number of carbonyl (C=O) groups excluding carboxylic acids is 1. The molecule has 0 unspecified atom stereocenters. The van der Waals surface area contributed by atoms with Crippen molar-refractivity contribution in [3.8, 4) is 0 Å². The average molecular weight is 190 g/mol. The third-order valence-electron chi connectivity index (χ3n) is 1.25. The third-order valence-corrected chi connectivity index (χ3v) is 2.14. The number of rotatable bonds is 5. The molecule has 0 spiro atoms. The van der Waals surface area contributed by atoms with Gasteiger partial charge in [0.2, 0.25) is 5.12 Å². The van der Waals surface area contributed by atoms with Crippen molar-refractivity contribution in [2.24, 2.45) is 0 Å². The van der Waals surface area contributed by atoms with Crippen LogP contribution in [0.3, 0.4) is 0 Å². The maximum Gasteiger partial charge on any atom is 0.212 e. The van der Waals surface area contributed by atoms with Crippen molar-refractivity contribution in [2.75, 3.05) is 12.0 Å². The predicted molar refractivity (Wildman–Crippen MR) is 55.4 cm³/mol. The quantitative estimate of drug-likeness (QED) is 0.530. The van der Waals surface area contributed by atoms with Gasteiger partial charge in [0, 0.05) is 11.3 Å². The van der Waals surface area contributed by atoms with Crippen molar-refractivity contribution in [2.45, 2.75) is 19.8 Å². The smallest absolute Gasteiger partial charge is 0.212 e. The number of carbonyl (C=O) groups is 1. The highest BCUT2D eigenvalue weighted by Crippen LogP contribution is 2.09. The molecule has 0 saturated heterocycles. The summed E-state index contributed by atoms with van der Waals surface area (Å²) in [6, 6.07) is 0. The second-order valence-electron chi connectivity index (χ2n) is 2.26. The highest BCUT2D eigenvalue weighted by Gasteiger charge is 2.01. The standard InChI is InChI=1S/C8H14OS2/c1-3-4-5-7(6-11-2)8(9)10/h5H,3-4,6H2,1-2H3,(H,9,10). The summed E-state index contributed by atoms with van der Waals surface area (Å²) in [6.45, 7) is 2.09. The zero-order valence-electron chi connectivity index (χ0n) is 6.96.